The van der Waals surface area contributed by atoms with Gasteiger partial charge in [0.2, 0.25) is 0 Å². The van der Waals surface area contributed by atoms with Crippen molar-refractivity contribution < 1.29 is 18.3 Å². The number of nitrogens with one attached hydrogen (secondary N) is 1. The highest BCUT2D eigenvalue weighted by Crippen LogP contribution is 2.24. The first kappa shape index (κ1) is 12.8. The van der Waals surface area contributed by atoms with E-state index in [1.807, 2.05) is 0 Å². The molecule has 1 fully saturated rings. The number of aliphatic hydroxyl groups is 1. The van der Waals surface area contributed by atoms with Crippen molar-refractivity contribution in [1.29, 1.82) is 0 Å². The summed E-state index contributed by atoms with van der Waals surface area (Å²) in [5.74, 6) is 0.131. The van der Waals surface area contributed by atoms with Crippen LogP contribution in [-0.2, 0) is 0 Å². The van der Waals surface area contributed by atoms with E-state index in [0.29, 0.717) is 0 Å². The van der Waals surface area contributed by atoms with E-state index in [2.05, 4.69) is 5.32 Å². The molecule has 5 heteroatoms. The molecule has 0 saturated heterocycles. The first-order valence-electron chi connectivity index (χ1n) is 5.44. The van der Waals surface area contributed by atoms with Crippen molar-refractivity contribution in [3.63, 3.8) is 0 Å². The maximum Gasteiger partial charge on any atom is 0.390 e. The van der Waals surface area contributed by atoms with E-state index in [1.165, 1.54) is 0 Å². The highest BCUT2D eigenvalue weighted by atomic mass is 19.4. The van der Waals surface area contributed by atoms with Gasteiger partial charge in [0.25, 0.3) is 0 Å². The third-order valence-electron chi connectivity index (χ3n) is 2.96. The van der Waals surface area contributed by atoms with Crippen molar-refractivity contribution in [2.24, 2.45) is 5.92 Å². The van der Waals surface area contributed by atoms with E-state index in [0.717, 1.165) is 25.7 Å². The average molecular weight is 225 g/mol. The van der Waals surface area contributed by atoms with Gasteiger partial charge in [0.15, 0.2) is 0 Å². The zero-order chi connectivity index (χ0) is 11.3. The summed E-state index contributed by atoms with van der Waals surface area (Å²) in [5.41, 5.74) is 0. The van der Waals surface area contributed by atoms with Crippen LogP contribution in [0.2, 0.25) is 0 Å². The molecule has 0 heterocycles. The quantitative estimate of drug-likeness (QED) is 0.767. The molecule has 1 aliphatic rings. The highest BCUT2D eigenvalue weighted by molar-refractivity contribution is 4.80. The predicted molar refractivity (Wildman–Crippen MR) is 51.5 cm³/mol. The first-order valence-corrected chi connectivity index (χ1v) is 5.44. The predicted octanol–water partition coefficient (Wildman–Crippen LogP) is 2.08. The van der Waals surface area contributed by atoms with E-state index in [1.54, 1.807) is 0 Å². The number of halogens is 3. The smallest absolute Gasteiger partial charge is 0.390 e. The van der Waals surface area contributed by atoms with Crippen molar-refractivity contribution in [3.8, 4) is 0 Å². The maximum absolute atomic E-state index is 11.9. The summed E-state index contributed by atoms with van der Waals surface area (Å²) in [6, 6.07) is 0.0612. The van der Waals surface area contributed by atoms with Crippen LogP contribution >= 0.6 is 0 Å². The van der Waals surface area contributed by atoms with Crippen molar-refractivity contribution in [2.75, 3.05) is 13.2 Å². The summed E-state index contributed by atoms with van der Waals surface area (Å²) in [4.78, 5) is 0. The van der Waals surface area contributed by atoms with Crippen molar-refractivity contribution in [2.45, 2.75) is 44.3 Å². The topological polar surface area (TPSA) is 32.3 Å². The van der Waals surface area contributed by atoms with Crippen LogP contribution in [0, 0.1) is 5.92 Å². The fourth-order valence-corrected chi connectivity index (χ4v) is 2.09. The van der Waals surface area contributed by atoms with E-state index in [9.17, 15) is 13.2 Å². The lowest BCUT2D eigenvalue weighted by molar-refractivity contribution is -0.133. The molecule has 0 spiro atoms. The van der Waals surface area contributed by atoms with Gasteiger partial charge in [-0.3, -0.25) is 0 Å². The molecule has 0 amide bonds. The Hall–Kier alpha value is -0.290. The molecule has 0 aromatic heterocycles. The van der Waals surface area contributed by atoms with Crippen molar-refractivity contribution >= 4 is 0 Å². The van der Waals surface area contributed by atoms with Gasteiger partial charge in [0, 0.05) is 19.2 Å². The second-order valence-electron chi connectivity index (χ2n) is 4.15. The van der Waals surface area contributed by atoms with Gasteiger partial charge in [-0.25, -0.2) is 0 Å². The summed E-state index contributed by atoms with van der Waals surface area (Å²) in [6.45, 7) is 0.0361. The summed E-state index contributed by atoms with van der Waals surface area (Å²) < 4.78 is 35.7. The molecule has 0 radical (unpaired) electrons. The first-order chi connectivity index (χ1) is 7.03. The van der Waals surface area contributed by atoms with Gasteiger partial charge in [-0.05, 0) is 18.8 Å². The Balaban J connectivity index is 2.23. The Morgan fingerprint density at radius 1 is 1.20 bits per heavy atom. The molecule has 0 aromatic rings. The van der Waals surface area contributed by atoms with Gasteiger partial charge in [-0.1, -0.05) is 12.8 Å². The molecule has 15 heavy (non-hydrogen) atoms. The molecule has 2 atom stereocenters. The number of rotatable bonds is 4. The largest absolute Gasteiger partial charge is 0.396 e. The molecular formula is C10H18F3NO. The monoisotopic (exact) mass is 225 g/mol. The highest BCUT2D eigenvalue weighted by Gasteiger charge is 2.28. The summed E-state index contributed by atoms with van der Waals surface area (Å²) in [7, 11) is 0. The molecule has 2 nitrogen and oxygen atoms in total. The average Bonchev–Trinajstić information content (AvgIpc) is 2.16. The minimum atomic E-state index is -4.09. The molecule has 2 N–H and O–H groups in total. The van der Waals surface area contributed by atoms with Gasteiger partial charge < -0.3 is 10.4 Å². The van der Waals surface area contributed by atoms with E-state index in [4.69, 9.17) is 5.11 Å². The zero-order valence-corrected chi connectivity index (χ0v) is 8.69. The Morgan fingerprint density at radius 2 is 1.87 bits per heavy atom. The van der Waals surface area contributed by atoms with Crippen LogP contribution in [0.25, 0.3) is 0 Å². The molecule has 0 bridgehead atoms. The normalized spacial score (nSPS) is 28.0. The maximum atomic E-state index is 11.9. The van der Waals surface area contributed by atoms with E-state index in [-0.39, 0.29) is 25.1 Å². The lowest BCUT2D eigenvalue weighted by Gasteiger charge is -2.31. The molecule has 1 aliphatic carbocycles. The Morgan fingerprint density at radius 3 is 2.47 bits per heavy atom. The SMILES string of the molecule is OCC1CCCCC1NCCC(F)(F)F. The fourth-order valence-electron chi connectivity index (χ4n) is 2.09. The van der Waals surface area contributed by atoms with Crippen molar-refractivity contribution in [1.82, 2.24) is 5.32 Å². The van der Waals surface area contributed by atoms with Crippen LogP contribution in [0.3, 0.4) is 0 Å². The lowest BCUT2D eigenvalue weighted by atomic mass is 9.85. The van der Waals surface area contributed by atoms with Crippen LogP contribution in [0.4, 0.5) is 13.2 Å². The lowest BCUT2D eigenvalue weighted by Crippen LogP contribution is -2.41. The van der Waals surface area contributed by atoms with Crippen LogP contribution in [0.1, 0.15) is 32.1 Å². The molecular weight excluding hydrogens is 207 g/mol. The molecule has 90 valence electrons. The second-order valence-corrected chi connectivity index (χ2v) is 4.15. The molecule has 0 aromatic carbocycles. The van der Waals surface area contributed by atoms with Crippen molar-refractivity contribution in [3.05, 3.63) is 0 Å². The molecule has 2 unspecified atom stereocenters. The minimum absolute atomic E-state index is 0.0370. The van der Waals surface area contributed by atoms with E-state index >= 15 is 0 Å². The third kappa shape index (κ3) is 4.84. The molecule has 1 saturated carbocycles. The van der Waals surface area contributed by atoms with Crippen LogP contribution in [-0.4, -0.2) is 30.5 Å². The number of hydrogen-bond donors (Lipinski definition) is 2. The zero-order valence-electron chi connectivity index (χ0n) is 8.69. The van der Waals surface area contributed by atoms with Gasteiger partial charge in [-0.15, -0.1) is 0 Å². The van der Waals surface area contributed by atoms with Gasteiger partial charge in [-0.2, -0.15) is 13.2 Å². The Bertz CT molecular complexity index is 184. The number of aliphatic hydroxyl groups excluding tert-OH is 1. The van der Waals surface area contributed by atoms with Crippen LogP contribution < -0.4 is 5.32 Å². The minimum Gasteiger partial charge on any atom is -0.396 e. The number of hydrogen-bond acceptors (Lipinski definition) is 2. The van der Waals surface area contributed by atoms with Gasteiger partial charge >= 0.3 is 6.18 Å². The van der Waals surface area contributed by atoms with E-state index < -0.39 is 12.6 Å². The molecule has 0 aliphatic heterocycles. The van der Waals surface area contributed by atoms with Gasteiger partial charge in [0.05, 0.1) is 6.42 Å². The Labute approximate surface area is 87.9 Å². The third-order valence-corrected chi connectivity index (χ3v) is 2.96. The second kappa shape index (κ2) is 5.70. The summed E-state index contributed by atoms with van der Waals surface area (Å²) in [5, 5.41) is 12.0. The fraction of sp³-hybridized carbons (Fsp3) is 1.00. The van der Waals surface area contributed by atoms with Gasteiger partial charge in [0.1, 0.15) is 0 Å². The van der Waals surface area contributed by atoms with Crippen LogP contribution in [0.15, 0.2) is 0 Å². The van der Waals surface area contributed by atoms with Crippen LogP contribution in [0.5, 0.6) is 0 Å². The summed E-state index contributed by atoms with van der Waals surface area (Å²) in [6.07, 6.45) is -0.968. The standard InChI is InChI=1S/C10H18F3NO/c11-10(12,13)5-6-14-9-4-2-1-3-8(9)7-15/h8-9,14-15H,1-7H2. The Kier molecular flexibility index (Phi) is 4.86. The molecule has 1 rings (SSSR count). The summed E-state index contributed by atoms with van der Waals surface area (Å²) >= 11 is 0. The number of alkyl halides is 3.